The van der Waals surface area contributed by atoms with Crippen LogP contribution in [-0.4, -0.2) is 48.0 Å². The Labute approximate surface area is 79.4 Å². The quantitative estimate of drug-likeness (QED) is 0.654. The second-order valence-electron chi connectivity index (χ2n) is 4.55. The second kappa shape index (κ2) is 3.56. The molecule has 2 fully saturated rings. The first-order chi connectivity index (χ1) is 6.30. The van der Waals surface area contributed by atoms with Gasteiger partial charge in [-0.2, -0.15) is 0 Å². The molecule has 13 heavy (non-hydrogen) atoms. The molecule has 0 aromatic heterocycles. The van der Waals surface area contributed by atoms with E-state index in [9.17, 15) is 5.11 Å². The molecule has 0 aromatic rings. The van der Waals surface area contributed by atoms with E-state index in [2.05, 4.69) is 4.90 Å². The van der Waals surface area contributed by atoms with Crippen molar-refractivity contribution in [2.24, 2.45) is 11.3 Å². The number of aliphatic hydroxyl groups is 2. The van der Waals surface area contributed by atoms with Crippen LogP contribution in [0.1, 0.15) is 19.3 Å². The molecule has 0 amide bonds. The van der Waals surface area contributed by atoms with Gasteiger partial charge in [0, 0.05) is 32.2 Å². The molecule has 1 spiro atoms. The van der Waals surface area contributed by atoms with Crippen molar-refractivity contribution in [3.8, 4) is 0 Å². The summed E-state index contributed by atoms with van der Waals surface area (Å²) < 4.78 is 0. The number of aliphatic hydroxyl groups excluding tert-OH is 2. The van der Waals surface area contributed by atoms with E-state index in [0.29, 0.717) is 17.9 Å². The van der Waals surface area contributed by atoms with Crippen LogP contribution >= 0.6 is 0 Å². The summed E-state index contributed by atoms with van der Waals surface area (Å²) in [5, 5.41) is 18.1. The van der Waals surface area contributed by atoms with Crippen molar-refractivity contribution in [1.29, 1.82) is 0 Å². The van der Waals surface area contributed by atoms with Gasteiger partial charge in [0.2, 0.25) is 0 Å². The highest BCUT2D eigenvalue weighted by molar-refractivity contribution is 5.01. The van der Waals surface area contributed by atoms with Crippen molar-refractivity contribution in [2.45, 2.75) is 19.3 Å². The molecule has 3 heteroatoms. The number of hydrogen-bond acceptors (Lipinski definition) is 3. The van der Waals surface area contributed by atoms with Crippen LogP contribution in [0, 0.1) is 11.3 Å². The van der Waals surface area contributed by atoms with E-state index < -0.39 is 0 Å². The standard InChI is InChI=1S/C10H19NO2/c12-5-4-11-6-9(7-13)10(8-11)2-1-3-10/h9,12-13H,1-8H2. The first kappa shape index (κ1) is 9.44. The lowest BCUT2D eigenvalue weighted by molar-refractivity contribution is 0.0538. The SMILES string of the molecule is OCCN1CC(CO)C2(CCC2)C1. The van der Waals surface area contributed by atoms with Gasteiger partial charge in [-0.25, -0.2) is 0 Å². The Balaban J connectivity index is 1.96. The molecule has 2 rings (SSSR count). The second-order valence-corrected chi connectivity index (χ2v) is 4.55. The lowest BCUT2D eigenvalue weighted by atomic mass is 9.63. The normalized spacial score (nSPS) is 32.3. The number of nitrogens with zero attached hydrogens (tertiary/aromatic N) is 1. The lowest BCUT2D eigenvalue weighted by Crippen LogP contribution is -2.39. The summed E-state index contributed by atoms with van der Waals surface area (Å²) in [5.74, 6) is 0.466. The van der Waals surface area contributed by atoms with Crippen molar-refractivity contribution in [1.82, 2.24) is 4.90 Å². The zero-order chi connectivity index (χ0) is 9.31. The van der Waals surface area contributed by atoms with E-state index in [1.54, 1.807) is 0 Å². The minimum Gasteiger partial charge on any atom is -0.396 e. The molecule has 1 unspecified atom stereocenters. The Hall–Kier alpha value is -0.120. The molecule has 1 saturated heterocycles. The Morgan fingerprint density at radius 1 is 1.31 bits per heavy atom. The van der Waals surface area contributed by atoms with Gasteiger partial charge >= 0.3 is 0 Å². The summed E-state index contributed by atoms with van der Waals surface area (Å²) in [5.41, 5.74) is 0.421. The van der Waals surface area contributed by atoms with Crippen LogP contribution in [0.25, 0.3) is 0 Å². The predicted octanol–water partition coefficient (Wildman–Crippen LogP) is 0.0731. The summed E-state index contributed by atoms with van der Waals surface area (Å²) in [6, 6.07) is 0. The van der Waals surface area contributed by atoms with Gasteiger partial charge in [-0.1, -0.05) is 6.42 Å². The van der Waals surface area contributed by atoms with Crippen LogP contribution in [-0.2, 0) is 0 Å². The molecule has 3 nitrogen and oxygen atoms in total. The molecule has 1 atom stereocenters. The summed E-state index contributed by atoms with van der Waals surface area (Å²) in [6.07, 6.45) is 3.88. The fourth-order valence-electron chi connectivity index (χ4n) is 2.90. The molecule has 0 aromatic carbocycles. The van der Waals surface area contributed by atoms with E-state index in [0.717, 1.165) is 19.6 Å². The summed E-state index contributed by atoms with van der Waals surface area (Å²) in [6.45, 7) is 3.42. The number of likely N-dealkylation sites (tertiary alicyclic amines) is 1. The minimum absolute atomic E-state index is 0.244. The zero-order valence-corrected chi connectivity index (χ0v) is 8.08. The third-order valence-corrected chi connectivity index (χ3v) is 3.87. The molecule has 2 N–H and O–H groups in total. The molecule has 1 aliphatic heterocycles. The molecule has 1 saturated carbocycles. The highest BCUT2D eigenvalue weighted by atomic mass is 16.3. The van der Waals surface area contributed by atoms with E-state index >= 15 is 0 Å². The van der Waals surface area contributed by atoms with Crippen LogP contribution < -0.4 is 0 Å². The van der Waals surface area contributed by atoms with E-state index in [1.165, 1.54) is 19.3 Å². The number of rotatable bonds is 3. The van der Waals surface area contributed by atoms with Crippen molar-refractivity contribution < 1.29 is 10.2 Å². The first-order valence-corrected chi connectivity index (χ1v) is 5.25. The van der Waals surface area contributed by atoms with Crippen molar-refractivity contribution in [3.05, 3.63) is 0 Å². The zero-order valence-electron chi connectivity index (χ0n) is 8.08. The topological polar surface area (TPSA) is 43.7 Å². The molecule has 1 heterocycles. The first-order valence-electron chi connectivity index (χ1n) is 5.25. The van der Waals surface area contributed by atoms with E-state index in [-0.39, 0.29) is 6.61 Å². The third-order valence-electron chi connectivity index (χ3n) is 3.87. The van der Waals surface area contributed by atoms with Crippen LogP contribution in [0.15, 0.2) is 0 Å². The van der Waals surface area contributed by atoms with Gasteiger partial charge in [-0.15, -0.1) is 0 Å². The van der Waals surface area contributed by atoms with Gasteiger partial charge in [0.1, 0.15) is 0 Å². The van der Waals surface area contributed by atoms with Crippen LogP contribution in [0.5, 0.6) is 0 Å². The van der Waals surface area contributed by atoms with Crippen molar-refractivity contribution in [2.75, 3.05) is 32.8 Å². The monoisotopic (exact) mass is 185 g/mol. The molecule has 76 valence electrons. The van der Waals surface area contributed by atoms with Crippen molar-refractivity contribution in [3.63, 3.8) is 0 Å². The molecule has 1 aliphatic carbocycles. The highest BCUT2D eigenvalue weighted by Crippen LogP contribution is 2.51. The molecule has 0 bridgehead atoms. The molecular weight excluding hydrogens is 166 g/mol. The molecular formula is C10H19NO2. The number of β-amino-alcohol motifs (C(OH)–C–C–N with tert-alkyl or cyclic N) is 1. The highest BCUT2D eigenvalue weighted by Gasteiger charge is 2.49. The maximum atomic E-state index is 9.26. The largest absolute Gasteiger partial charge is 0.396 e. The van der Waals surface area contributed by atoms with Gasteiger partial charge < -0.3 is 15.1 Å². The molecule has 2 aliphatic rings. The number of hydrogen-bond donors (Lipinski definition) is 2. The van der Waals surface area contributed by atoms with Gasteiger partial charge in [0.15, 0.2) is 0 Å². The summed E-state index contributed by atoms with van der Waals surface area (Å²) >= 11 is 0. The fourth-order valence-corrected chi connectivity index (χ4v) is 2.90. The summed E-state index contributed by atoms with van der Waals surface area (Å²) in [4.78, 5) is 2.29. The Bertz CT molecular complexity index is 180. The maximum absolute atomic E-state index is 9.26. The van der Waals surface area contributed by atoms with Gasteiger partial charge in [-0.3, -0.25) is 0 Å². The molecule has 0 radical (unpaired) electrons. The average molecular weight is 185 g/mol. The third kappa shape index (κ3) is 1.49. The minimum atomic E-state index is 0.244. The Morgan fingerprint density at radius 2 is 2.08 bits per heavy atom. The van der Waals surface area contributed by atoms with Gasteiger partial charge in [0.25, 0.3) is 0 Å². The van der Waals surface area contributed by atoms with Crippen LogP contribution in [0.3, 0.4) is 0 Å². The van der Waals surface area contributed by atoms with Crippen LogP contribution in [0.2, 0.25) is 0 Å². The smallest absolute Gasteiger partial charge is 0.0558 e. The van der Waals surface area contributed by atoms with Gasteiger partial charge in [0.05, 0.1) is 6.61 Å². The summed E-state index contributed by atoms with van der Waals surface area (Å²) in [7, 11) is 0. The van der Waals surface area contributed by atoms with E-state index in [4.69, 9.17) is 5.11 Å². The van der Waals surface area contributed by atoms with Crippen LogP contribution in [0.4, 0.5) is 0 Å². The lowest BCUT2D eigenvalue weighted by Gasteiger charge is -2.42. The average Bonchev–Trinajstić information content (AvgIpc) is 2.43. The van der Waals surface area contributed by atoms with E-state index in [1.807, 2.05) is 0 Å². The maximum Gasteiger partial charge on any atom is 0.0558 e. The van der Waals surface area contributed by atoms with Crippen molar-refractivity contribution >= 4 is 0 Å². The Kier molecular flexibility index (Phi) is 2.58. The fraction of sp³-hybridized carbons (Fsp3) is 1.00. The predicted molar refractivity (Wildman–Crippen MR) is 50.4 cm³/mol. The van der Waals surface area contributed by atoms with Gasteiger partial charge in [-0.05, 0) is 18.3 Å². The Morgan fingerprint density at radius 3 is 2.46 bits per heavy atom.